The van der Waals surface area contributed by atoms with Crippen molar-refractivity contribution in [2.24, 2.45) is 0 Å². The number of hydrogen-bond donors (Lipinski definition) is 1. The molecule has 1 saturated carbocycles. The number of rotatable bonds is 4. The van der Waals surface area contributed by atoms with Gasteiger partial charge in [-0.15, -0.1) is 12.4 Å². The highest BCUT2D eigenvalue weighted by Crippen LogP contribution is 2.20. The summed E-state index contributed by atoms with van der Waals surface area (Å²) >= 11 is 5.83. The quantitative estimate of drug-likeness (QED) is 0.858. The van der Waals surface area contributed by atoms with Crippen LogP contribution >= 0.6 is 24.0 Å². The van der Waals surface area contributed by atoms with Gasteiger partial charge in [0.05, 0.1) is 0 Å². The van der Waals surface area contributed by atoms with E-state index < -0.39 is 0 Å². The molecule has 1 N–H and O–H groups in total. The number of halogens is 2. The molecule has 15 heavy (non-hydrogen) atoms. The van der Waals surface area contributed by atoms with Crippen molar-refractivity contribution in [2.75, 3.05) is 0 Å². The zero-order chi connectivity index (χ0) is 9.97. The summed E-state index contributed by atoms with van der Waals surface area (Å²) in [6.07, 6.45) is 3.80. The molecule has 1 aromatic carbocycles. The summed E-state index contributed by atoms with van der Waals surface area (Å²) in [5, 5.41) is 4.40. The summed E-state index contributed by atoms with van der Waals surface area (Å²) < 4.78 is 0. The van der Waals surface area contributed by atoms with Crippen molar-refractivity contribution in [1.82, 2.24) is 5.32 Å². The van der Waals surface area contributed by atoms with Crippen LogP contribution in [0.25, 0.3) is 0 Å². The molecule has 0 saturated heterocycles. The number of benzene rings is 1. The van der Waals surface area contributed by atoms with E-state index in [0.717, 1.165) is 17.5 Å². The maximum atomic E-state index is 5.83. The monoisotopic (exact) mass is 245 g/mol. The molecule has 1 aliphatic rings. The summed E-state index contributed by atoms with van der Waals surface area (Å²) in [5.74, 6) is 0. The fourth-order valence-corrected chi connectivity index (χ4v) is 1.81. The SMILES string of the molecule is CC(Cc1ccc(Cl)cc1)NC1CC1.Cl. The molecular weight excluding hydrogens is 229 g/mol. The summed E-state index contributed by atoms with van der Waals surface area (Å²) in [7, 11) is 0. The predicted octanol–water partition coefficient (Wildman–Crippen LogP) is 3.44. The Kier molecular flexibility index (Phi) is 4.91. The first-order valence-electron chi connectivity index (χ1n) is 5.24. The van der Waals surface area contributed by atoms with Crippen molar-refractivity contribution in [3.63, 3.8) is 0 Å². The topological polar surface area (TPSA) is 12.0 Å². The van der Waals surface area contributed by atoms with Crippen molar-refractivity contribution in [3.05, 3.63) is 34.9 Å². The van der Waals surface area contributed by atoms with Crippen molar-refractivity contribution in [2.45, 2.75) is 38.3 Å². The highest BCUT2D eigenvalue weighted by molar-refractivity contribution is 6.30. The Balaban J connectivity index is 0.00000112. The molecular formula is C12H17Cl2N. The molecule has 0 spiro atoms. The van der Waals surface area contributed by atoms with Crippen LogP contribution in [0.15, 0.2) is 24.3 Å². The lowest BCUT2D eigenvalue weighted by atomic mass is 10.1. The summed E-state index contributed by atoms with van der Waals surface area (Å²) in [4.78, 5) is 0. The van der Waals surface area contributed by atoms with Crippen LogP contribution < -0.4 is 5.32 Å². The third-order valence-corrected chi connectivity index (χ3v) is 2.80. The lowest BCUT2D eigenvalue weighted by Crippen LogP contribution is -2.29. The van der Waals surface area contributed by atoms with E-state index in [-0.39, 0.29) is 12.4 Å². The van der Waals surface area contributed by atoms with E-state index in [4.69, 9.17) is 11.6 Å². The number of nitrogens with one attached hydrogen (secondary N) is 1. The van der Waals surface area contributed by atoms with Gasteiger partial charge in [0.2, 0.25) is 0 Å². The van der Waals surface area contributed by atoms with Gasteiger partial charge in [-0.25, -0.2) is 0 Å². The van der Waals surface area contributed by atoms with Gasteiger partial charge < -0.3 is 5.32 Å². The highest BCUT2D eigenvalue weighted by Gasteiger charge is 2.22. The van der Waals surface area contributed by atoms with E-state index in [1.54, 1.807) is 0 Å². The smallest absolute Gasteiger partial charge is 0.0406 e. The van der Waals surface area contributed by atoms with Crippen molar-refractivity contribution >= 4 is 24.0 Å². The van der Waals surface area contributed by atoms with Gasteiger partial charge in [0, 0.05) is 17.1 Å². The van der Waals surface area contributed by atoms with Gasteiger partial charge >= 0.3 is 0 Å². The minimum absolute atomic E-state index is 0. The average molecular weight is 246 g/mol. The third-order valence-electron chi connectivity index (χ3n) is 2.55. The molecule has 84 valence electrons. The molecule has 1 aliphatic carbocycles. The van der Waals surface area contributed by atoms with E-state index in [0.29, 0.717) is 6.04 Å². The minimum atomic E-state index is 0. The maximum absolute atomic E-state index is 5.83. The van der Waals surface area contributed by atoms with E-state index in [1.807, 2.05) is 12.1 Å². The summed E-state index contributed by atoms with van der Waals surface area (Å²) in [6.45, 7) is 2.24. The molecule has 1 fully saturated rings. The number of hydrogen-bond acceptors (Lipinski definition) is 1. The Morgan fingerprint density at radius 2 is 1.93 bits per heavy atom. The molecule has 0 aliphatic heterocycles. The fourth-order valence-electron chi connectivity index (χ4n) is 1.69. The third kappa shape index (κ3) is 4.42. The Hall–Kier alpha value is -0.240. The van der Waals surface area contributed by atoms with Crippen LogP contribution in [-0.4, -0.2) is 12.1 Å². The van der Waals surface area contributed by atoms with Gasteiger partial charge in [0.1, 0.15) is 0 Å². The largest absolute Gasteiger partial charge is 0.311 e. The highest BCUT2D eigenvalue weighted by atomic mass is 35.5. The molecule has 0 radical (unpaired) electrons. The van der Waals surface area contributed by atoms with Crippen LogP contribution in [0, 0.1) is 0 Å². The Morgan fingerprint density at radius 1 is 1.33 bits per heavy atom. The van der Waals surface area contributed by atoms with E-state index in [9.17, 15) is 0 Å². The van der Waals surface area contributed by atoms with Gasteiger partial charge in [0.25, 0.3) is 0 Å². The van der Waals surface area contributed by atoms with Crippen molar-refractivity contribution in [3.8, 4) is 0 Å². The van der Waals surface area contributed by atoms with Crippen LogP contribution in [0.4, 0.5) is 0 Å². The Labute approximate surface area is 103 Å². The van der Waals surface area contributed by atoms with Crippen molar-refractivity contribution < 1.29 is 0 Å². The van der Waals surface area contributed by atoms with E-state index in [2.05, 4.69) is 24.4 Å². The minimum Gasteiger partial charge on any atom is -0.311 e. The normalized spacial score (nSPS) is 16.9. The molecule has 2 rings (SSSR count). The second kappa shape index (κ2) is 5.74. The second-order valence-corrected chi connectivity index (χ2v) is 4.61. The van der Waals surface area contributed by atoms with Gasteiger partial charge in [-0.3, -0.25) is 0 Å². The van der Waals surface area contributed by atoms with Crippen LogP contribution in [0.5, 0.6) is 0 Å². The molecule has 1 atom stereocenters. The van der Waals surface area contributed by atoms with Gasteiger partial charge in [-0.2, -0.15) is 0 Å². The molecule has 3 heteroatoms. The average Bonchev–Trinajstić information content (AvgIpc) is 2.93. The lowest BCUT2D eigenvalue weighted by Gasteiger charge is -2.12. The van der Waals surface area contributed by atoms with Gasteiger partial charge in [-0.1, -0.05) is 23.7 Å². The predicted molar refractivity (Wildman–Crippen MR) is 68.0 cm³/mol. The molecule has 0 amide bonds. The fraction of sp³-hybridized carbons (Fsp3) is 0.500. The Morgan fingerprint density at radius 3 is 2.47 bits per heavy atom. The summed E-state index contributed by atoms with van der Waals surface area (Å²) in [5.41, 5.74) is 1.36. The molecule has 0 heterocycles. The zero-order valence-electron chi connectivity index (χ0n) is 8.87. The van der Waals surface area contributed by atoms with Crippen LogP contribution in [-0.2, 0) is 6.42 Å². The first kappa shape index (κ1) is 12.8. The molecule has 0 bridgehead atoms. The first-order chi connectivity index (χ1) is 6.74. The Bertz CT molecular complexity index is 293. The van der Waals surface area contributed by atoms with Gasteiger partial charge in [0.15, 0.2) is 0 Å². The first-order valence-corrected chi connectivity index (χ1v) is 5.62. The molecule has 1 aromatic rings. The van der Waals surface area contributed by atoms with E-state index in [1.165, 1.54) is 18.4 Å². The zero-order valence-corrected chi connectivity index (χ0v) is 10.4. The second-order valence-electron chi connectivity index (χ2n) is 4.17. The van der Waals surface area contributed by atoms with Crippen molar-refractivity contribution in [1.29, 1.82) is 0 Å². The lowest BCUT2D eigenvalue weighted by molar-refractivity contribution is 0.542. The maximum Gasteiger partial charge on any atom is 0.0406 e. The van der Waals surface area contributed by atoms with E-state index >= 15 is 0 Å². The summed E-state index contributed by atoms with van der Waals surface area (Å²) in [6, 6.07) is 9.49. The molecule has 1 nitrogen and oxygen atoms in total. The molecule has 0 aromatic heterocycles. The van der Waals surface area contributed by atoms with Crippen LogP contribution in [0.2, 0.25) is 5.02 Å². The van der Waals surface area contributed by atoms with Gasteiger partial charge in [-0.05, 0) is 43.9 Å². The molecule has 1 unspecified atom stereocenters. The standard InChI is InChI=1S/C12H16ClN.ClH/c1-9(14-12-6-7-12)8-10-2-4-11(13)5-3-10;/h2-5,9,12,14H,6-8H2,1H3;1H. The van der Waals surface area contributed by atoms with Crippen LogP contribution in [0.3, 0.4) is 0 Å². The van der Waals surface area contributed by atoms with Crippen LogP contribution in [0.1, 0.15) is 25.3 Å².